The molecule has 1 saturated carbocycles. The van der Waals surface area contributed by atoms with Crippen LogP contribution in [0.2, 0.25) is 5.02 Å². The van der Waals surface area contributed by atoms with E-state index in [2.05, 4.69) is 5.32 Å². The van der Waals surface area contributed by atoms with Crippen molar-refractivity contribution in [1.29, 1.82) is 0 Å². The molecule has 2 N–H and O–H groups in total. The van der Waals surface area contributed by atoms with Crippen LogP contribution in [0.15, 0.2) is 11.4 Å². The summed E-state index contributed by atoms with van der Waals surface area (Å²) < 4.78 is 0. The van der Waals surface area contributed by atoms with Gasteiger partial charge in [0.15, 0.2) is 0 Å². The van der Waals surface area contributed by atoms with Gasteiger partial charge in [-0.25, -0.2) is 0 Å². The molecule has 2 rings (SSSR count). The third-order valence-electron chi connectivity index (χ3n) is 3.47. The maximum atomic E-state index is 12.1. The minimum atomic E-state index is -0.829. The van der Waals surface area contributed by atoms with E-state index in [4.69, 9.17) is 11.6 Å². The molecule has 0 aromatic carbocycles. The second-order valence-corrected chi connectivity index (χ2v) is 6.08. The van der Waals surface area contributed by atoms with E-state index in [0.717, 1.165) is 19.3 Å². The molecule has 2 unspecified atom stereocenters. The van der Waals surface area contributed by atoms with Gasteiger partial charge in [0.1, 0.15) is 4.88 Å². The number of carboxylic acids is 1. The Hall–Kier alpha value is -1.07. The lowest BCUT2D eigenvalue weighted by Crippen LogP contribution is -2.42. The lowest BCUT2D eigenvalue weighted by molar-refractivity contribution is -0.142. The largest absolute Gasteiger partial charge is 0.481 e. The van der Waals surface area contributed by atoms with Gasteiger partial charge < -0.3 is 10.4 Å². The molecule has 0 bridgehead atoms. The van der Waals surface area contributed by atoms with Crippen molar-refractivity contribution in [1.82, 2.24) is 5.32 Å². The molecule has 1 aliphatic rings. The Morgan fingerprint density at radius 3 is 2.68 bits per heavy atom. The van der Waals surface area contributed by atoms with Crippen LogP contribution in [0.3, 0.4) is 0 Å². The lowest BCUT2D eigenvalue weighted by atomic mass is 9.95. The van der Waals surface area contributed by atoms with Crippen LogP contribution in [-0.2, 0) is 4.79 Å². The smallest absolute Gasteiger partial charge is 0.308 e. The van der Waals surface area contributed by atoms with Crippen LogP contribution in [0.25, 0.3) is 0 Å². The number of hydrogen-bond donors (Lipinski definition) is 2. The van der Waals surface area contributed by atoms with Gasteiger partial charge in [0.25, 0.3) is 5.91 Å². The molecular weight excluding hydrogens is 286 g/mol. The zero-order chi connectivity index (χ0) is 13.8. The van der Waals surface area contributed by atoms with Gasteiger partial charge in [0, 0.05) is 6.04 Å². The first kappa shape index (κ1) is 14.3. The fraction of sp³-hybridized carbons (Fsp3) is 0.538. The van der Waals surface area contributed by atoms with Gasteiger partial charge in [-0.3, -0.25) is 9.59 Å². The van der Waals surface area contributed by atoms with Gasteiger partial charge in [-0.1, -0.05) is 30.9 Å². The number of hydrogen-bond acceptors (Lipinski definition) is 3. The number of aliphatic carboxylic acids is 1. The average molecular weight is 302 g/mol. The van der Waals surface area contributed by atoms with Crippen molar-refractivity contribution in [2.24, 2.45) is 5.92 Å². The molecule has 0 radical (unpaired) electrons. The molecule has 4 nitrogen and oxygen atoms in total. The van der Waals surface area contributed by atoms with Crippen LogP contribution in [0, 0.1) is 5.92 Å². The normalized spacial score (nSPS) is 23.6. The van der Waals surface area contributed by atoms with E-state index in [-0.39, 0.29) is 11.9 Å². The number of carbonyl (C=O) groups excluding carboxylic acids is 1. The highest BCUT2D eigenvalue weighted by Gasteiger charge is 2.31. The third-order valence-corrected chi connectivity index (χ3v) is 4.81. The number of carboxylic acid groups (broad SMARTS) is 1. The topological polar surface area (TPSA) is 66.4 Å². The molecule has 1 aliphatic carbocycles. The quantitative estimate of drug-likeness (QED) is 0.843. The molecular formula is C13H16ClNO3S. The third kappa shape index (κ3) is 3.48. The molecule has 0 saturated heterocycles. The number of amides is 1. The summed E-state index contributed by atoms with van der Waals surface area (Å²) >= 11 is 7.19. The molecule has 0 aliphatic heterocycles. The van der Waals surface area contributed by atoms with Gasteiger partial charge in [-0.05, 0) is 24.3 Å². The number of thiophene rings is 1. The van der Waals surface area contributed by atoms with Crippen LogP contribution in [0.4, 0.5) is 0 Å². The van der Waals surface area contributed by atoms with E-state index in [9.17, 15) is 14.7 Å². The first-order valence-corrected chi connectivity index (χ1v) is 7.62. The minimum absolute atomic E-state index is 0.266. The molecule has 6 heteroatoms. The van der Waals surface area contributed by atoms with Crippen LogP contribution in [0.5, 0.6) is 0 Å². The van der Waals surface area contributed by atoms with E-state index < -0.39 is 11.9 Å². The molecule has 1 aromatic rings. The number of rotatable bonds is 3. The highest BCUT2D eigenvalue weighted by Crippen LogP contribution is 2.26. The van der Waals surface area contributed by atoms with E-state index >= 15 is 0 Å². The predicted molar refractivity (Wildman–Crippen MR) is 74.8 cm³/mol. The maximum Gasteiger partial charge on any atom is 0.308 e. The maximum absolute atomic E-state index is 12.1. The van der Waals surface area contributed by atoms with Gasteiger partial charge in [-0.2, -0.15) is 0 Å². The Morgan fingerprint density at radius 2 is 2.05 bits per heavy atom. The second-order valence-electron chi connectivity index (χ2n) is 4.76. The number of carbonyl (C=O) groups is 2. The average Bonchev–Trinajstić information content (AvgIpc) is 2.65. The van der Waals surface area contributed by atoms with Crippen LogP contribution >= 0.6 is 22.9 Å². The Bertz CT molecular complexity index is 474. The van der Waals surface area contributed by atoms with Crippen molar-refractivity contribution in [3.63, 3.8) is 0 Å². The monoisotopic (exact) mass is 301 g/mol. The van der Waals surface area contributed by atoms with Crippen molar-refractivity contribution < 1.29 is 14.7 Å². The van der Waals surface area contributed by atoms with Gasteiger partial charge in [0.05, 0.1) is 10.9 Å². The number of halogens is 1. The summed E-state index contributed by atoms with van der Waals surface area (Å²) in [7, 11) is 0. The Morgan fingerprint density at radius 1 is 1.32 bits per heavy atom. The predicted octanol–water partition coefficient (Wildman–Crippen LogP) is 3.16. The van der Waals surface area contributed by atoms with Crippen molar-refractivity contribution in [2.45, 2.75) is 38.1 Å². The van der Waals surface area contributed by atoms with E-state index in [1.807, 2.05) is 0 Å². The molecule has 0 spiro atoms. The molecule has 1 aromatic heterocycles. The summed E-state index contributed by atoms with van der Waals surface area (Å²) in [5, 5.41) is 14.3. The fourth-order valence-electron chi connectivity index (χ4n) is 2.47. The highest BCUT2D eigenvalue weighted by atomic mass is 35.5. The van der Waals surface area contributed by atoms with Gasteiger partial charge in [0.2, 0.25) is 0 Å². The summed E-state index contributed by atoms with van der Waals surface area (Å²) in [6, 6.07) is 1.37. The van der Waals surface area contributed by atoms with Crippen LogP contribution < -0.4 is 5.32 Å². The summed E-state index contributed by atoms with van der Waals surface area (Å²) in [5.41, 5.74) is 0. The molecule has 1 fully saturated rings. The van der Waals surface area contributed by atoms with Crippen molar-refractivity contribution in [3.05, 3.63) is 21.3 Å². The fourth-order valence-corrected chi connectivity index (χ4v) is 3.51. The Kier molecular flexibility index (Phi) is 4.82. The minimum Gasteiger partial charge on any atom is -0.481 e. The highest BCUT2D eigenvalue weighted by molar-refractivity contribution is 7.12. The second kappa shape index (κ2) is 6.39. The van der Waals surface area contributed by atoms with Crippen LogP contribution in [-0.4, -0.2) is 23.0 Å². The first-order valence-electron chi connectivity index (χ1n) is 6.36. The van der Waals surface area contributed by atoms with Gasteiger partial charge >= 0.3 is 5.97 Å². The summed E-state index contributed by atoms with van der Waals surface area (Å²) in [4.78, 5) is 23.8. The van der Waals surface area contributed by atoms with Crippen molar-refractivity contribution in [3.8, 4) is 0 Å². The molecule has 104 valence electrons. The lowest BCUT2D eigenvalue weighted by Gasteiger charge is -2.22. The molecule has 19 heavy (non-hydrogen) atoms. The zero-order valence-electron chi connectivity index (χ0n) is 10.4. The van der Waals surface area contributed by atoms with Gasteiger partial charge in [-0.15, -0.1) is 11.3 Å². The Balaban J connectivity index is 2.08. The number of nitrogens with one attached hydrogen (secondary N) is 1. The van der Waals surface area contributed by atoms with Crippen LogP contribution in [0.1, 0.15) is 41.8 Å². The van der Waals surface area contributed by atoms with Crippen molar-refractivity contribution in [2.75, 3.05) is 0 Å². The molecule has 1 amide bonds. The molecule has 2 atom stereocenters. The first-order chi connectivity index (χ1) is 9.09. The van der Waals surface area contributed by atoms with E-state index in [0.29, 0.717) is 22.7 Å². The Labute approximate surface area is 120 Å². The summed E-state index contributed by atoms with van der Waals surface area (Å²) in [5.74, 6) is -1.59. The van der Waals surface area contributed by atoms with Crippen molar-refractivity contribution >= 4 is 34.8 Å². The molecule has 1 heterocycles. The summed E-state index contributed by atoms with van der Waals surface area (Å²) in [6.07, 6.45) is 4.22. The standard InChI is InChI=1S/C13H16ClNO3S/c14-9-6-7-19-11(9)12(16)15-10-5-3-1-2-4-8(10)13(17)18/h6-8,10H,1-5H2,(H,15,16)(H,17,18). The van der Waals surface area contributed by atoms with E-state index in [1.165, 1.54) is 11.3 Å². The summed E-state index contributed by atoms with van der Waals surface area (Å²) in [6.45, 7) is 0. The SMILES string of the molecule is O=C(NC1CCCCCC1C(=O)O)c1sccc1Cl. The zero-order valence-corrected chi connectivity index (χ0v) is 12.0. The van der Waals surface area contributed by atoms with E-state index in [1.54, 1.807) is 11.4 Å².